The zero-order valence-corrected chi connectivity index (χ0v) is 11.5. The molecule has 0 aliphatic heterocycles. The van der Waals surface area contributed by atoms with Crippen molar-refractivity contribution in [2.45, 2.75) is 6.18 Å². The summed E-state index contributed by atoms with van der Waals surface area (Å²) in [4.78, 5) is 13.5. The summed E-state index contributed by atoms with van der Waals surface area (Å²) in [6, 6.07) is 1.52. The average Bonchev–Trinajstić information content (AvgIpc) is 2.92. The molecule has 0 atom stereocenters. The smallest absolute Gasteiger partial charge is 0.406 e. The molecule has 2 heterocycles. The first-order valence-electron chi connectivity index (χ1n) is 5.81. The molecule has 2 aromatic heterocycles. The molecule has 0 unspecified atom stereocenters. The highest BCUT2D eigenvalue weighted by Crippen LogP contribution is 2.36. The third kappa shape index (κ3) is 2.17. The number of hydrogen-bond donors (Lipinski definition) is 1. The lowest BCUT2D eigenvalue weighted by Crippen LogP contribution is -2.11. The fourth-order valence-electron chi connectivity index (χ4n) is 2.15. The van der Waals surface area contributed by atoms with Crippen LogP contribution in [0.25, 0.3) is 22.4 Å². The maximum atomic E-state index is 14.1. The van der Waals surface area contributed by atoms with E-state index in [4.69, 9.17) is 16.0 Å². The number of alkyl halides is 3. The fraction of sp³-hybridized carbons (Fsp3) is 0.167. The number of hydrogen-bond acceptors (Lipinski definition) is 3. The molecule has 0 saturated heterocycles. The number of aromatic amines is 1. The van der Waals surface area contributed by atoms with Gasteiger partial charge in [-0.15, -0.1) is 0 Å². The number of rotatable bonds is 1. The van der Waals surface area contributed by atoms with Crippen LogP contribution < -0.4 is 5.76 Å². The second-order valence-electron chi connectivity index (χ2n) is 4.47. The highest BCUT2D eigenvalue weighted by molar-refractivity contribution is 6.35. The van der Waals surface area contributed by atoms with Gasteiger partial charge in [0.2, 0.25) is 0 Å². The van der Waals surface area contributed by atoms with Gasteiger partial charge in [0.1, 0.15) is 17.0 Å². The van der Waals surface area contributed by atoms with Crippen molar-refractivity contribution in [1.29, 1.82) is 0 Å². The van der Waals surface area contributed by atoms with E-state index in [0.717, 1.165) is 13.1 Å². The van der Waals surface area contributed by atoms with E-state index < -0.39 is 23.4 Å². The van der Waals surface area contributed by atoms with Crippen LogP contribution in [0, 0.1) is 5.82 Å². The monoisotopic (exact) mass is 335 g/mol. The van der Waals surface area contributed by atoms with E-state index in [1.54, 1.807) is 0 Å². The van der Waals surface area contributed by atoms with Gasteiger partial charge in [-0.3, -0.25) is 9.67 Å². The SMILES string of the molecule is Cn1nc(-c2c(F)cc(Cl)c3oc(=O)[nH]c23)cc1C(F)(F)F. The Kier molecular flexibility index (Phi) is 3.06. The number of aromatic nitrogens is 3. The van der Waals surface area contributed by atoms with Crippen LogP contribution in [-0.4, -0.2) is 14.8 Å². The van der Waals surface area contributed by atoms with Crippen molar-refractivity contribution in [3.05, 3.63) is 39.2 Å². The molecule has 22 heavy (non-hydrogen) atoms. The first-order valence-corrected chi connectivity index (χ1v) is 6.18. The van der Waals surface area contributed by atoms with E-state index in [1.807, 2.05) is 0 Å². The predicted octanol–water partition coefficient (Wildman–Crippen LogP) is 3.33. The Hall–Kier alpha value is -2.29. The lowest BCUT2D eigenvalue weighted by atomic mass is 10.1. The van der Waals surface area contributed by atoms with Gasteiger partial charge in [0.05, 0.1) is 16.3 Å². The summed E-state index contributed by atoms with van der Waals surface area (Å²) in [6.45, 7) is 0. The first-order chi connectivity index (χ1) is 10.2. The molecule has 0 aliphatic carbocycles. The van der Waals surface area contributed by atoms with Gasteiger partial charge < -0.3 is 4.42 Å². The number of oxazole rings is 1. The van der Waals surface area contributed by atoms with Gasteiger partial charge in [0.15, 0.2) is 5.58 Å². The van der Waals surface area contributed by atoms with Crippen LogP contribution in [0.15, 0.2) is 21.3 Å². The van der Waals surface area contributed by atoms with Gasteiger partial charge in [-0.2, -0.15) is 18.3 Å². The second kappa shape index (κ2) is 4.60. The van der Waals surface area contributed by atoms with Gasteiger partial charge in [-0.25, -0.2) is 9.18 Å². The van der Waals surface area contributed by atoms with E-state index >= 15 is 0 Å². The Morgan fingerprint density at radius 3 is 2.64 bits per heavy atom. The number of benzene rings is 1. The van der Waals surface area contributed by atoms with Crippen LogP contribution in [0.4, 0.5) is 17.6 Å². The molecule has 0 spiro atoms. The normalized spacial score (nSPS) is 12.3. The van der Waals surface area contributed by atoms with Crippen LogP contribution >= 0.6 is 11.6 Å². The maximum absolute atomic E-state index is 14.1. The molecule has 0 radical (unpaired) electrons. The number of aryl methyl sites for hydroxylation is 1. The standard InChI is InChI=1S/C12H6ClF4N3O2/c1-20-7(12(15,16)17)3-6(19-20)8-5(14)2-4(13)10-9(8)18-11(21)22-10/h2-3H,1H3,(H,18,21). The van der Waals surface area contributed by atoms with Gasteiger partial charge >= 0.3 is 11.9 Å². The molecule has 0 fully saturated rings. The molecule has 5 nitrogen and oxygen atoms in total. The summed E-state index contributed by atoms with van der Waals surface area (Å²) >= 11 is 5.75. The number of halogens is 5. The van der Waals surface area contributed by atoms with E-state index in [9.17, 15) is 22.4 Å². The van der Waals surface area contributed by atoms with Crippen molar-refractivity contribution in [3.8, 4) is 11.3 Å². The minimum absolute atomic E-state index is 0.151. The largest absolute Gasteiger partial charge is 0.433 e. The van der Waals surface area contributed by atoms with Gasteiger partial charge in [0.25, 0.3) is 0 Å². The predicted molar refractivity (Wildman–Crippen MR) is 69.0 cm³/mol. The molecular formula is C12H6ClF4N3O2. The molecule has 1 N–H and O–H groups in total. The van der Waals surface area contributed by atoms with Crippen molar-refractivity contribution in [1.82, 2.24) is 14.8 Å². The van der Waals surface area contributed by atoms with Gasteiger partial charge in [-0.1, -0.05) is 11.6 Å². The highest BCUT2D eigenvalue weighted by atomic mass is 35.5. The molecular weight excluding hydrogens is 330 g/mol. The zero-order valence-electron chi connectivity index (χ0n) is 10.8. The van der Waals surface area contributed by atoms with Crippen LogP contribution in [0.1, 0.15) is 5.69 Å². The lowest BCUT2D eigenvalue weighted by Gasteiger charge is -2.04. The highest BCUT2D eigenvalue weighted by Gasteiger charge is 2.35. The topological polar surface area (TPSA) is 63.8 Å². The minimum atomic E-state index is -4.65. The number of H-pyrrole nitrogens is 1. The van der Waals surface area contributed by atoms with Crippen molar-refractivity contribution in [2.75, 3.05) is 0 Å². The molecule has 3 rings (SSSR count). The van der Waals surface area contributed by atoms with Crippen molar-refractivity contribution >= 4 is 22.7 Å². The molecule has 116 valence electrons. The van der Waals surface area contributed by atoms with E-state index in [2.05, 4.69) is 10.1 Å². The fourth-order valence-corrected chi connectivity index (χ4v) is 2.37. The number of nitrogens with one attached hydrogen (secondary N) is 1. The van der Waals surface area contributed by atoms with Crippen molar-refractivity contribution < 1.29 is 22.0 Å². The Morgan fingerprint density at radius 1 is 1.36 bits per heavy atom. The Balaban J connectivity index is 2.34. The molecule has 10 heteroatoms. The third-order valence-electron chi connectivity index (χ3n) is 3.03. The zero-order chi connectivity index (χ0) is 16.2. The van der Waals surface area contributed by atoms with E-state index in [0.29, 0.717) is 10.7 Å². The third-order valence-corrected chi connectivity index (χ3v) is 3.32. The summed E-state index contributed by atoms with van der Waals surface area (Å²) in [7, 11) is 1.08. The summed E-state index contributed by atoms with van der Waals surface area (Å²) in [6.07, 6.45) is -4.65. The molecule has 1 aromatic carbocycles. The quantitative estimate of drug-likeness (QED) is 0.694. The number of nitrogens with zero attached hydrogens (tertiary/aromatic N) is 2. The summed E-state index contributed by atoms with van der Waals surface area (Å²) in [5.41, 5.74) is -1.98. The van der Waals surface area contributed by atoms with Crippen LogP contribution in [-0.2, 0) is 13.2 Å². The average molecular weight is 336 g/mol. The number of fused-ring (bicyclic) bond motifs is 1. The van der Waals surface area contributed by atoms with Crippen LogP contribution in [0.2, 0.25) is 5.02 Å². The molecule has 0 aliphatic rings. The summed E-state index contributed by atoms with van der Waals surface area (Å²) in [5, 5.41) is 3.47. The van der Waals surface area contributed by atoms with Crippen LogP contribution in [0.3, 0.4) is 0 Å². The van der Waals surface area contributed by atoms with Crippen molar-refractivity contribution in [3.63, 3.8) is 0 Å². The van der Waals surface area contributed by atoms with E-state index in [1.165, 1.54) is 0 Å². The molecule has 0 amide bonds. The second-order valence-corrected chi connectivity index (χ2v) is 4.88. The molecule has 0 bridgehead atoms. The lowest BCUT2D eigenvalue weighted by molar-refractivity contribution is -0.143. The first kappa shape index (κ1) is 14.6. The van der Waals surface area contributed by atoms with E-state index in [-0.39, 0.29) is 27.4 Å². The summed E-state index contributed by atoms with van der Waals surface area (Å²) < 4.78 is 57.9. The Morgan fingerprint density at radius 2 is 2.05 bits per heavy atom. The summed E-state index contributed by atoms with van der Waals surface area (Å²) in [5.74, 6) is -1.84. The Bertz CT molecular complexity index is 938. The van der Waals surface area contributed by atoms with Gasteiger partial charge in [-0.05, 0) is 12.1 Å². The maximum Gasteiger partial charge on any atom is 0.433 e. The minimum Gasteiger partial charge on any atom is -0.406 e. The van der Waals surface area contributed by atoms with Crippen LogP contribution in [0.5, 0.6) is 0 Å². The van der Waals surface area contributed by atoms with Crippen molar-refractivity contribution in [2.24, 2.45) is 7.05 Å². The molecule has 0 saturated carbocycles. The Labute approximate surface area is 124 Å². The molecule has 3 aromatic rings. The van der Waals surface area contributed by atoms with Gasteiger partial charge in [0, 0.05) is 7.05 Å².